The lowest BCUT2D eigenvalue weighted by molar-refractivity contribution is 0.0371. The third-order valence-electron chi connectivity index (χ3n) is 5.33. The van der Waals surface area contributed by atoms with E-state index in [0.29, 0.717) is 5.75 Å². The van der Waals surface area contributed by atoms with Gasteiger partial charge in [0.1, 0.15) is 5.75 Å². The molecule has 1 heterocycles. The van der Waals surface area contributed by atoms with Gasteiger partial charge >= 0.3 is 0 Å². The zero-order chi connectivity index (χ0) is 19.4. The molecule has 1 saturated heterocycles. The zero-order valence-electron chi connectivity index (χ0n) is 17.8. The lowest BCUT2D eigenvalue weighted by atomic mass is 9.78. The third-order valence-corrected chi connectivity index (χ3v) is 5.33. The van der Waals surface area contributed by atoms with Crippen LogP contribution in [0.2, 0.25) is 0 Å². The summed E-state index contributed by atoms with van der Waals surface area (Å²) in [6.07, 6.45) is 4.82. The Kier molecular flexibility index (Phi) is 7.15. The number of morpholine rings is 1. The molecular formula is C23H39NO2. The first kappa shape index (κ1) is 21.2. The van der Waals surface area contributed by atoms with Gasteiger partial charge in [0.15, 0.2) is 0 Å². The minimum absolute atomic E-state index is 0.0452. The SMILES string of the molecule is CC(C)(C)c1cc(CCCCCN2CCOCC2)cc(C(C)(C)C)c1O. The summed E-state index contributed by atoms with van der Waals surface area (Å²) in [5.41, 5.74) is 3.43. The average Bonchev–Trinajstić information content (AvgIpc) is 2.54. The number of hydrogen-bond donors (Lipinski definition) is 1. The number of hydrogen-bond acceptors (Lipinski definition) is 3. The number of phenolic OH excluding ortho intramolecular Hbond substituents is 1. The maximum atomic E-state index is 10.8. The van der Waals surface area contributed by atoms with Crippen LogP contribution in [0.4, 0.5) is 0 Å². The summed E-state index contributed by atoms with van der Waals surface area (Å²) in [7, 11) is 0. The minimum atomic E-state index is -0.0452. The molecule has 1 aromatic carbocycles. The van der Waals surface area contributed by atoms with E-state index in [9.17, 15) is 5.11 Å². The van der Waals surface area contributed by atoms with E-state index in [-0.39, 0.29) is 10.8 Å². The number of aromatic hydroxyl groups is 1. The van der Waals surface area contributed by atoms with Crippen molar-refractivity contribution in [3.63, 3.8) is 0 Å². The maximum Gasteiger partial charge on any atom is 0.123 e. The molecule has 148 valence electrons. The smallest absolute Gasteiger partial charge is 0.123 e. The van der Waals surface area contributed by atoms with E-state index in [1.807, 2.05) is 0 Å². The van der Waals surface area contributed by atoms with Crippen LogP contribution >= 0.6 is 0 Å². The van der Waals surface area contributed by atoms with Crippen LogP contribution in [0.5, 0.6) is 5.75 Å². The predicted molar refractivity (Wildman–Crippen MR) is 110 cm³/mol. The molecule has 1 N–H and O–H groups in total. The zero-order valence-corrected chi connectivity index (χ0v) is 17.8. The molecule has 0 amide bonds. The summed E-state index contributed by atoms with van der Waals surface area (Å²) < 4.78 is 5.41. The first-order valence-electron chi connectivity index (χ1n) is 10.3. The Hall–Kier alpha value is -1.06. The average molecular weight is 362 g/mol. The molecule has 0 spiro atoms. The fourth-order valence-corrected chi connectivity index (χ4v) is 3.65. The highest BCUT2D eigenvalue weighted by Gasteiger charge is 2.26. The first-order valence-corrected chi connectivity index (χ1v) is 10.3. The van der Waals surface area contributed by atoms with Crippen molar-refractivity contribution in [2.24, 2.45) is 0 Å². The molecule has 1 aromatic rings. The first-order chi connectivity index (χ1) is 12.1. The molecule has 0 bridgehead atoms. The number of unbranched alkanes of at least 4 members (excludes halogenated alkanes) is 2. The van der Waals surface area contributed by atoms with Crippen molar-refractivity contribution in [1.29, 1.82) is 0 Å². The molecule has 0 unspecified atom stereocenters. The van der Waals surface area contributed by atoms with Crippen molar-refractivity contribution in [2.45, 2.75) is 78.1 Å². The molecule has 0 aromatic heterocycles. The van der Waals surface area contributed by atoms with E-state index in [4.69, 9.17) is 4.74 Å². The molecule has 26 heavy (non-hydrogen) atoms. The van der Waals surface area contributed by atoms with Gasteiger partial charge in [0, 0.05) is 13.1 Å². The van der Waals surface area contributed by atoms with Crippen molar-refractivity contribution < 1.29 is 9.84 Å². The van der Waals surface area contributed by atoms with Crippen molar-refractivity contribution in [3.8, 4) is 5.75 Å². The van der Waals surface area contributed by atoms with Crippen LogP contribution < -0.4 is 0 Å². The van der Waals surface area contributed by atoms with Gasteiger partial charge < -0.3 is 9.84 Å². The Morgan fingerprint density at radius 2 is 1.42 bits per heavy atom. The molecule has 3 heteroatoms. The topological polar surface area (TPSA) is 32.7 Å². The minimum Gasteiger partial charge on any atom is -0.507 e. The van der Waals surface area contributed by atoms with Gasteiger partial charge in [-0.15, -0.1) is 0 Å². The van der Waals surface area contributed by atoms with Crippen molar-refractivity contribution >= 4 is 0 Å². The molecule has 1 aliphatic rings. The number of phenols is 1. The second-order valence-corrected chi connectivity index (χ2v) is 9.80. The van der Waals surface area contributed by atoms with Gasteiger partial charge in [-0.3, -0.25) is 4.90 Å². The summed E-state index contributed by atoms with van der Waals surface area (Å²) in [6, 6.07) is 4.46. The molecule has 1 fully saturated rings. The molecule has 0 radical (unpaired) electrons. The molecule has 3 nitrogen and oxygen atoms in total. The molecular weight excluding hydrogens is 322 g/mol. The Morgan fingerprint density at radius 3 is 1.92 bits per heavy atom. The maximum absolute atomic E-state index is 10.8. The van der Waals surface area contributed by atoms with Crippen LogP contribution in [0.25, 0.3) is 0 Å². The summed E-state index contributed by atoms with van der Waals surface area (Å²) in [5.74, 6) is 0.487. The van der Waals surface area contributed by atoms with E-state index < -0.39 is 0 Å². The van der Waals surface area contributed by atoms with Gasteiger partial charge in [-0.1, -0.05) is 60.1 Å². The van der Waals surface area contributed by atoms with E-state index in [2.05, 4.69) is 58.6 Å². The van der Waals surface area contributed by atoms with Crippen molar-refractivity contribution in [2.75, 3.05) is 32.8 Å². The van der Waals surface area contributed by atoms with Gasteiger partial charge in [0.2, 0.25) is 0 Å². The highest BCUT2D eigenvalue weighted by molar-refractivity contribution is 5.49. The van der Waals surface area contributed by atoms with Crippen LogP contribution in [-0.2, 0) is 22.0 Å². The number of aryl methyl sites for hydroxylation is 1. The third kappa shape index (κ3) is 5.99. The van der Waals surface area contributed by atoms with Gasteiger partial charge in [-0.25, -0.2) is 0 Å². The summed E-state index contributed by atoms with van der Waals surface area (Å²) in [4.78, 5) is 2.51. The standard InChI is InChI=1S/C23H39NO2/c1-22(2,3)19-16-18(17-20(21(19)25)23(4,5)6)10-8-7-9-11-24-12-14-26-15-13-24/h16-17,25H,7-15H2,1-6H3. The normalized spacial score (nSPS) is 16.8. The van der Waals surface area contributed by atoms with E-state index in [1.165, 1.54) is 31.4 Å². The highest BCUT2D eigenvalue weighted by atomic mass is 16.5. The number of nitrogens with zero attached hydrogens (tertiary/aromatic N) is 1. The van der Waals surface area contributed by atoms with Crippen LogP contribution in [0, 0.1) is 0 Å². The lowest BCUT2D eigenvalue weighted by Crippen LogP contribution is -2.36. The van der Waals surface area contributed by atoms with Crippen LogP contribution in [0.3, 0.4) is 0 Å². The highest BCUT2D eigenvalue weighted by Crippen LogP contribution is 2.40. The fraction of sp³-hybridized carbons (Fsp3) is 0.739. The van der Waals surface area contributed by atoms with Crippen LogP contribution in [0.15, 0.2) is 12.1 Å². The second kappa shape index (κ2) is 8.75. The van der Waals surface area contributed by atoms with Crippen molar-refractivity contribution in [1.82, 2.24) is 4.90 Å². The Morgan fingerprint density at radius 1 is 0.885 bits per heavy atom. The molecule has 0 saturated carbocycles. The lowest BCUT2D eigenvalue weighted by Gasteiger charge is -2.28. The Bertz CT molecular complexity index is 540. The summed E-state index contributed by atoms with van der Waals surface area (Å²) in [5, 5.41) is 10.8. The number of benzene rings is 1. The predicted octanol–water partition coefficient (Wildman–Crippen LogP) is 5.03. The molecule has 0 atom stereocenters. The molecule has 2 rings (SSSR count). The molecule has 1 aliphatic heterocycles. The number of rotatable bonds is 6. The Labute approximate surface area is 160 Å². The molecule has 0 aliphatic carbocycles. The van der Waals surface area contributed by atoms with Crippen LogP contribution in [-0.4, -0.2) is 42.9 Å². The van der Waals surface area contributed by atoms with E-state index in [1.54, 1.807) is 0 Å². The monoisotopic (exact) mass is 361 g/mol. The summed E-state index contributed by atoms with van der Waals surface area (Å²) >= 11 is 0. The van der Waals surface area contributed by atoms with Crippen LogP contribution in [0.1, 0.15) is 77.5 Å². The van der Waals surface area contributed by atoms with Gasteiger partial charge in [-0.2, -0.15) is 0 Å². The van der Waals surface area contributed by atoms with E-state index in [0.717, 1.165) is 43.9 Å². The van der Waals surface area contributed by atoms with Gasteiger partial charge in [-0.05, 0) is 53.3 Å². The van der Waals surface area contributed by atoms with Gasteiger partial charge in [0.05, 0.1) is 13.2 Å². The Balaban J connectivity index is 1.97. The number of ether oxygens (including phenoxy) is 1. The largest absolute Gasteiger partial charge is 0.507 e. The van der Waals surface area contributed by atoms with E-state index >= 15 is 0 Å². The summed E-state index contributed by atoms with van der Waals surface area (Å²) in [6.45, 7) is 18.2. The second-order valence-electron chi connectivity index (χ2n) is 9.80. The van der Waals surface area contributed by atoms with Gasteiger partial charge in [0.25, 0.3) is 0 Å². The van der Waals surface area contributed by atoms with Crippen molar-refractivity contribution in [3.05, 3.63) is 28.8 Å². The fourth-order valence-electron chi connectivity index (χ4n) is 3.65. The quantitative estimate of drug-likeness (QED) is 0.721.